The molecule has 0 radical (unpaired) electrons. The number of carbonyl (C=O) groups excluding carboxylic acids is 2. The molecule has 4 nitrogen and oxygen atoms in total. The summed E-state index contributed by atoms with van der Waals surface area (Å²) in [7, 11) is 1.31. The molecule has 0 bridgehead atoms. The van der Waals surface area contributed by atoms with Crippen LogP contribution in [-0.4, -0.2) is 29.4 Å². The predicted octanol–water partition coefficient (Wildman–Crippen LogP) is 1.95. The Morgan fingerprint density at radius 1 is 1.35 bits per heavy atom. The van der Waals surface area contributed by atoms with E-state index in [0.29, 0.717) is 13.0 Å². The highest BCUT2D eigenvalue weighted by atomic mass is 35.5. The number of nitrogens with zero attached hydrogens (tertiary/aromatic N) is 1. The summed E-state index contributed by atoms with van der Waals surface area (Å²) in [6.07, 6.45) is 0.446. The Bertz CT molecular complexity index is 461. The number of hydrogen-bond acceptors (Lipinski definition) is 3. The topological polar surface area (TPSA) is 46.6 Å². The van der Waals surface area contributed by atoms with Crippen LogP contribution in [0, 0.1) is 0 Å². The Balaban J connectivity index is 2.34. The third-order valence-electron chi connectivity index (χ3n) is 2.95. The summed E-state index contributed by atoms with van der Waals surface area (Å²) in [6, 6.07) is 7.05. The van der Waals surface area contributed by atoms with E-state index >= 15 is 0 Å². The van der Waals surface area contributed by atoms with Crippen molar-refractivity contribution in [3.8, 4) is 0 Å². The van der Waals surface area contributed by atoms with Gasteiger partial charge in [0.2, 0.25) is 0 Å². The van der Waals surface area contributed by atoms with Gasteiger partial charge in [-0.3, -0.25) is 4.79 Å². The van der Waals surface area contributed by atoms with Crippen molar-refractivity contribution < 1.29 is 14.3 Å². The van der Waals surface area contributed by atoms with Gasteiger partial charge in [-0.1, -0.05) is 24.3 Å². The lowest BCUT2D eigenvalue weighted by atomic mass is 9.94. The SMILES string of the molecule is COC(=O)C1Cc2ccccc2CN1C(=O)Cl. The standard InChI is InChI=1S/C12H12ClNO3/c1-17-11(15)10-6-8-4-2-3-5-9(8)7-14(10)12(13)16/h2-5,10H,6-7H2,1H3. The lowest BCUT2D eigenvalue weighted by molar-refractivity contribution is -0.146. The third-order valence-corrected chi connectivity index (χ3v) is 3.16. The van der Waals surface area contributed by atoms with E-state index in [1.807, 2.05) is 24.3 Å². The van der Waals surface area contributed by atoms with Gasteiger partial charge in [0.25, 0.3) is 0 Å². The van der Waals surface area contributed by atoms with E-state index < -0.39 is 17.4 Å². The number of carbonyl (C=O) groups is 2. The molecule has 0 aliphatic carbocycles. The fraction of sp³-hybridized carbons (Fsp3) is 0.333. The van der Waals surface area contributed by atoms with Gasteiger partial charge < -0.3 is 9.64 Å². The van der Waals surface area contributed by atoms with Gasteiger partial charge in [0.05, 0.1) is 7.11 Å². The van der Waals surface area contributed by atoms with Gasteiger partial charge >= 0.3 is 11.3 Å². The van der Waals surface area contributed by atoms with Crippen LogP contribution in [0.25, 0.3) is 0 Å². The molecule has 1 aliphatic heterocycles. The number of fused-ring (bicyclic) bond motifs is 1. The predicted molar refractivity (Wildman–Crippen MR) is 62.7 cm³/mol. The zero-order valence-electron chi connectivity index (χ0n) is 9.35. The third kappa shape index (κ3) is 2.26. The largest absolute Gasteiger partial charge is 0.467 e. The van der Waals surface area contributed by atoms with Crippen molar-refractivity contribution in [3.63, 3.8) is 0 Å². The smallest absolute Gasteiger partial charge is 0.328 e. The van der Waals surface area contributed by atoms with Gasteiger partial charge in [0.15, 0.2) is 0 Å². The Morgan fingerprint density at radius 2 is 2.00 bits per heavy atom. The molecule has 1 amide bonds. The Labute approximate surface area is 104 Å². The molecule has 1 aromatic rings. The van der Waals surface area contributed by atoms with E-state index in [2.05, 4.69) is 0 Å². The van der Waals surface area contributed by atoms with Gasteiger partial charge in [-0.15, -0.1) is 0 Å². The van der Waals surface area contributed by atoms with Crippen LogP contribution in [0.5, 0.6) is 0 Å². The maximum atomic E-state index is 11.6. The van der Waals surface area contributed by atoms with Crippen LogP contribution >= 0.6 is 11.6 Å². The maximum Gasteiger partial charge on any atom is 0.328 e. The summed E-state index contributed by atoms with van der Waals surface area (Å²) in [5, 5.41) is -0.630. The number of amides is 1. The number of hydrogen-bond donors (Lipinski definition) is 0. The molecule has 1 aromatic carbocycles. The molecular formula is C12H12ClNO3. The zero-order valence-corrected chi connectivity index (χ0v) is 10.1. The number of halogens is 1. The molecule has 1 atom stereocenters. The molecule has 0 saturated heterocycles. The lowest BCUT2D eigenvalue weighted by Gasteiger charge is -2.33. The number of ether oxygens (including phenoxy) is 1. The van der Waals surface area contributed by atoms with Gasteiger partial charge in [-0.2, -0.15) is 0 Å². The normalized spacial score (nSPS) is 18.5. The van der Waals surface area contributed by atoms with Crippen molar-refractivity contribution in [2.45, 2.75) is 19.0 Å². The van der Waals surface area contributed by atoms with E-state index in [1.54, 1.807) is 0 Å². The zero-order chi connectivity index (χ0) is 12.4. The van der Waals surface area contributed by atoms with Crippen LogP contribution in [0.1, 0.15) is 11.1 Å². The molecule has 1 unspecified atom stereocenters. The summed E-state index contributed by atoms with van der Waals surface area (Å²) in [5.74, 6) is -0.437. The maximum absolute atomic E-state index is 11.6. The van der Waals surface area contributed by atoms with Crippen molar-refractivity contribution in [1.82, 2.24) is 4.90 Å². The summed E-state index contributed by atoms with van der Waals surface area (Å²) < 4.78 is 4.69. The number of esters is 1. The summed E-state index contributed by atoms with van der Waals surface area (Å²) in [4.78, 5) is 24.3. The average molecular weight is 254 g/mol. The minimum Gasteiger partial charge on any atom is -0.467 e. The second-order valence-electron chi connectivity index (χ2n) is 3.89. The van der Waals surface area contributed by atoms with Crippen molar-refractivity contribution in [1.29, 1.82) is 0 Å². The molecule has 1 heterocycles. The van der Waals surface area contributed by atoms with Crippen LogP contribution in [-0.2, 0) is 22.5 Å². The first-order chi connectivity index (χ1) is 8.13. The monoisotopic (exact) mass is 253 g/mol. The number of methoxy groups -OCH3 is 1. The Kier molecular flexibility index (Phi) is 3.33. The first kappa shape index (κ1) is 11.9. The van der Waals surface area contributed by atoms with Crippen LogP contribution in [0.4, 0.5) is 4.79 Å². The molecule has 90 valence electrons. The summed E-state index contributed by atoms with van der Waals surface area (Å²) >= 11 is 5.50. The number of benzene rings is 1. The molecule has 17 heavy (non-hydrogen) atoms. The molecule has 0 saturated carbocycles. The van der Waals surface area contributed by atoms with Gasteiger partial charge in [0.1, 0.15) is 6.04 Å². The van der Waals surface area contributed by atoms with Crippen LogP contribution in [0.3, 0.4) is 0 Å². The van der Waals surface area contributed by atoms with E-state index in [4.69, 9.17) is 16.3 Å². The van der Waals surface area contributed by atoms with Crippen molar-refractivity contribution in [2.24, 2.45) is 0 Å². The quantitative estimate of drug-likeness (QED) is 0.437. The van der Waals surface area contributed by atoms with Crippen molar-refractivity contribution in [2.75, 3.05) is 7.11 Å². The molecule has 0 fully saturated rings. The molecule has 2 rings (SSSR count). The van der Waals surface area contributed by atoms with E-state index in [0.717, 1.165) is 11.1 Å². The van der Waals surface area contributed by atoms with Crippen molar-refractivity contribution >= 4 is 22.9 Å². The summed E-state index contributed by atoms with van der Waals surface area (Å²) in [6.45, 7) is 0.346. The number of rotatable bonds is 1. The fourth-order valence-corrected chi connectivity index (χ4v) is 2.23. The highest BCUT2D eigenvalue weighted by Gasteiger charge is 2.34. The van der Waals surface area contributed by atoms with E-state index in [1.165, 1.54) is 12.0 Å². The first-order valence-corrected chi connectivity index (χ1v) is 5.62. The van der Waals surface area contributed by atoms with Gasteiger partial charge in [-0.25, -0.2) is 4.79 Å². The molecule has 0 N–H and O–H groups in total. The molecular weight excluding hydrogens is 242 g/mol. The van der Waals surface area contributed by atoms with E-state index in [-0.39, 0.29) is 0 Å². The van der Waals surface area contributed by atoms with Crippen LogP contribution < -0.4 is 0 Å². The highest BCUT2D eigenvalue weighted by molar-refractivity contribution is 6.63. The average Bonchev–Trinajstić information content (AvgIpc) is 2.36. The molecule has 0 spiro atoms. The Hall–Kier alpha value is -1.55. The van der Waals surface area contributed by atoms with E-state index in [9.17, 15) is 9.59 Å². The minimum atomic E-state index is -0.630. The van der Waals surface area contributed by atoms with Crippen LogP contribution in [0.15, 0.2) is 24.3 Å². The second-order valence-corrected chi connectivity index (χ2v) is 4.22. The second kappa shape index (κ2) is 4.75. The van der Waals surface area contributed by atoms with Crippen molar-refractivity contribution in [3.05, 3.63) is 35.4 Å². The summed E-state index contributed by atoms with van der Waals surface area (Å²) in [5.41, 5.74) is 2.07. The Morgan fingerprint density at radius 3 is 2.59 bits per heavy atom. The molecule has 1 aliphatic rings. The van der Waals surface area contributed by atoms with Crippen LogP contribution in [0.2, 0.25) is 0 Å². The first-order valence-electron chi connectivity index (χ1n) is 5.24. The van der Waals surface area contributed by atoms with Gasteiger partial charge in [0, 0.05) is 13.0 Å². The van der Waals surface area contributed by atoms with Gasteiger partial charge in [-0.05, 0) is 22.7 Å². The highest BCUT2D eigenvalue weighted by Crippen LogP contribution is 2.24. The molecule has 5 heteroatoms. The lowest BCUT2D eigenvalue weighted by Crippen LogP contribution is -2.47. The fourth-order valence-electron chi connectivity index (χ4n) is 2.05. The molecule has 0 aromatic heterocycles. The minimum absolute atomic E-state index is 0.346.